The lowest BCUT2D eigenvalue weighted by Crippen LogP contribution is -2.05. The molecule has 2 aromatic carbocycles. The van der Waals surface area contributed by atoms with Crippen LogP contribution >= 0.6 is 0 Å². The summed E-state index contributed by atoms with van der Waals surface area (Å²) in [5, 5.41) is 17.9. The average Bonchev–Trinajstić information content (AvgIpc) is 2.92. The maximum Gasteiger partial charge on any atom is 0.116 e. The van der Waals surface area contributed by atoms with Crippen LogP contribution < -0.4 is 0 Å². The molecule has 0 aliphatic rings. The van der Waals surface area contributed by atoms with Gasteiger partial charge in [-0.2, -0.15) is 0 Å². The quantitative estimate of drug-likeness (QED) is 0.804. The largest absolute Gasteiger partial charge is 0.390 e. The molecule has 0 aliphatic heterocycles. The number of aryl methyl sites for hydroxylation is 2. The Kier molecular flexibility index (Phi) is 4.02. The Morgan fingerprint density at radius 1 is 1.00 bits per heavy atom. The van der Waals surface area contributed by atoms with E-state index < -0.39 is 0 Å². The van der Waals surface area contributed by atoms with Gasteiger partial charge in [-0.1, -0.05) is 58.8 Å². The molecule has 0 saturated heterocycles. The summed E-state index contributed by atoms with van der Waals surface area (Å²) in [6, 6.07) is 16.5. The number of aliphatic hydroxyl groups is 1. The molecule has 0 spiro atoms. The lowest BCUT2D eigenvalue weighted by Gasteiger charge is -2.09. The van der Waals surface area contributed by atoms with Gasteiger partial charge in [-0.05, 0) is 25.5 Å². The van der Waals surface area contributed by atoms with Gasteiger partial charge in [0, 0.05) is 5.56 Å². The van der Waals surface area contributed by atoms with Crippen molar-refractivity contribution in [2.45, 2.75) is 27.0 Å². The standard InChI is InChI=1S/C18H19N3O/c1-13-6-8-15(9-7-13)11-21-18(17(12-22)19-20-21)16-5-3-4-14(2)10-16/h3-10,22H,11-12H2,1-2H3. The van der Waals surface area contributed by atoms with Crippen LogP contribution in [-0.4, -0.2) is 20.1 Å². The first-order valence-corrected chi connectivity index (χ1v) is 7.33. The maximum atomic E-state index is 9.55. The van der Waals surface area contributed by atoms with Gasteiger partial charge in [0.2, 0.25) is 0 Å². The molecule has 3 aromatic rings. The van der Waals surface area contributed by atoms with Gasteiger partial charge in [0.25, 0.3) is 0 Å². The van der Waals surface area contributed by atoms with Crippen molar-refractivity contribution in [2.75, 3.05) is 0 Å². The Labute approximate surface area is 130 Å². The normalized spacial score (nSPS) is 10.9. The van der Waals surface area contributed by atoms with Crippen LogP contribution in [-0.2, 0) is 13.2 Å². The van der Waals surface area contributed by atoms with Crippen LogP contribution in [0.25, 0.3) is 11.3 Å². The number of benzene rings is 2. The number of aliphatic hydroxyl groups excluding tert-OH is 1. The van der Waals surface area contributed by atoms with E-state index in [0.29, 0.717) is 12.2 Å². The van der Waals surface area contributed by atoms with E-state index in [4.69, 9.17) is 0 Å². The molecule has 0 radical (unpaired) electrons. The zero-order valence-electron chi connectivity index (χ0n) is 12.8. The van der Waals surface area contributed by atoms with Crippen molar-refractivity contribution in [1.82, 2.24) is 15.0 Å². The van der Waals surface area contributed by atoms with Crippen molar-refractivity contribution in [3.8, 4) is 11.3 Å². The summed E-state index contributed by atoms with van der Waals surface area (Å²) in [6.45, 7) is 4.64. The SMILES string of the molecule is Cc1ccc(Cn2nnc(CO)c2-c2cccc(C)c2)cc1. The highest BCUT2D eigenvalue weighted by molar-refractivity contribution is 5.62. The predicted octanol–water partition coefficient (Wildman–Crippen LogP) is 3.10. The molecule has 0 aliphatic carbocycles. The monoisotopic (exact) mass is 293 g/mol. The highest BCUT2D eigenvalue weighted by Crippen LogP contribution is 2.24. The molecular weight excluding hydrogens is 274 g/mol. The number of hydrogen-bond donors (Lipinski definition) is 1. The Morgan fingerprint density at radius 2 is 1.77 bits per heavy atom. The maximum absolute atomic E-state index is 9.55. The van der Waals surface area contributed by atoms with E-state index in [0.717, 1.165) is 16.8 Å². The van der Waals surface area contributed by atoms with E-state index in [1.807, 2.05) is 16.8 Å². The average molecular weight is 293 g/mol. The molecule has 3 rings (SSSR count). The Balaban J connectivity index is 2.02. The second kappa shape index (κ2) is 6.12. The van der Waals surface area contributed by atoms with Crippen LogP contribution in [0.1, 0.15) is 22.4 Å². The minimum Gasteiger partial charge on any atom is -0.390 e. The highest BCUT2D eigenvalue weighted by Gasteiger charge is 2.14. The minimum atomic E-state index is -0.114. The van der Waals surface area contributed by atoms with E-state index in [1.54, 1.807) is 0 Å². The molecule has 4 nitrogen and oxygen atoms in total. The van der Waals surface area contributed by atoms with Crippen LogP contribution in [0.2, 0.25) is 0 Å². The van der Waals surface area contributed by atoms with E-state index in [2.05, 4.69) is 60.6 Å². The Hall–Kier alpha value is -2.46. The lowest BCUT2D eigenvalue weighted by atomic mass is 10.1. The summed E-state index contributed by atoms with van der Waals surface area (Å²) < 4.78 is 1.85. The molecule has 112 valence electrons. The van der Waals surface area contributed by atoms with Crippen LogP contribution in [0.15, 0.2) is 48.5 Å². The van der Waals surface area contributed by atoms with E-state index in [9.17, 15) is 5.11 Å². The van der Waals surface area contributed by atoms with Gasteiger partial charge in [-0.25, -0.2) is 4.68 Å². The van der Waals surface area contributed by atoms with Gasteiger partial charge >= 0.3 is 0 Å². The summed E-state index contributed by atoms with van der Waals surface area (Å²) >= 11 is 0. The number of nitrogens with zero attached hydrogens (tertiary/aromatic N) is 3. The van der Waals surface area contributed by atoms with E-state index in [-0.39, 0.29) is 6.61 Å². The number of aromatic nitrogens is 3. The fraction of sp³-hybridized carbons (Fsp3) is 0.222. The van der Waals surface area contributed by atoms with Gasteiger partial charge in [-0.3, -0.25) is 0 Å². The number of rotatable bonds is 4. The van der Waals surface area contributed by atoms with Crippen molar-refractivity contribution in [3.05, 3.63) is 70.9 Å². The third-order valence-electron chi connectivity index (χ3n) is 3.70. The fourth-order valence-electron chi connectivity index (χ4n) is 2.54. The molecule has 0 saturated carbocycles. The van der Waals surface area contributed by atoms with Gasteiger partial charge in [-0.15, -0.1) is 5.10 Å². The Morgan fingerprint density at radius 3 is 2.45 bits per heavy atom. The third-order valence-corrected chi connectivity index (χ3v) is 3.70. The summed E-state index contributed by atoms with van der Waals surface area (Å²) in [6.07, 6.45) is 0. The summed E-state index contributed by atoms with van der Waals surface area (Å²) in [5.74, 6) is 0. The molecule has 1 aromatic heterocycles. The first kappa shape index (κ1) is 14.5. The van der Waals surface area contributed by atoms with Crippen LogP contribution in [0.4, 0.5) is 0 Å². The first-order valence-electron chi connectivity index (χ1n) is 7.33. The number of hydrogen-bond acceptors (Lipinski definition) is 3. The minimum absolute atomic E-state index is 0.114. The molecule has 0 bridgehead atoms. The zero-order chi connectivity index (χ0) is 15.5. The van der Waals surface area contributed by atoms with Gasteiger partial charge in [0.05, 0.1) is 18.8 Å². The molecule has 0 fully saturated rings. The van der Waals surface area contributed by atoms with E-state index in [1.165, 1.54) is 11.1 Å². The summed E-state index contributed by atoms with van der Waals surface area (Å²) in [4.78, 5) is 0. The second-order valence-corrected chi connectivity index (χ2v) is 5.56. The summed E-state index contributed by atoms with van der Waals surface area (Å²) in [5.41, 5.74) is 6.08. The second-order valence-electron chi connectivity index (χ2n) is 5.56. The molecule has 22 heavy (non-hydrogen) atoms. The van der Waals surface area contributed by atoms with Gasteiger partial charge in [0.15, 0.2) is 0 Å². The van der Waals surface area contributed by atoms with Crippen molar-refractivity contribution in [2.24, 2.45) is 0 Å². The third kappa shape index (κ3) is 2.92. The van der Waals surface area contributed by atoms with Crippen molar-refractivity contribution in [3.63, 3.8) is 0 Å². The Bertz CT molecular complexity index is 775. The van der Waals surface area contributed by atoms with Crippen LogP contribution in [0, 0.1) is 13.8 Å². The smallest absolute Gasteiger partial charge is 0.116 e. The topological polar surface area (TPSA) is 50.9 Å². The molecule has 1 N–H and O–H groups in total. The fourth-order valence-corrected chi connectivity index (χ4v) is 2.54. The molecule has 0 amide bonds. The first-order chi connectivity index (χ1) is 10.7. The molecular formula is C18H19N3O. The lowest BCUT2D eigenvalue weighted by molar-refractivity contribution is 0.277. The van der Waals surface area contributed by atoms with Crippen LogP contribution in [0.3, 0.4) is 0 Å². The summed E-state index contributed by atoms with van der Waals surface area (Å²) in [7, 11) is 0. The van der Waals surface area contributed by atoms with Crippen molar-refractivity contribution in [1.29, 1.82) is 0 Å². The van der Waals surface area contributed by atoms with Gasteiger partial charge < -0.3 is 5.11 Å². The zero-order valence-corrected chi connectivity index (χ0v) is 12.8. The van der Waals surface area contributed by atoms with Crippen molar-refractivity contribution >= 4 is 0 Å². The van der Waals surface area contributed by atoms with Crippen molar-refractivity contribution < 1.29 is 5.11 Å². The predicted molar refractivity (Wildman–Crippen MR) is 86.4 cm³/mol. The highest BCUT2D eigenvalue weighted by atomic mass is 16.3. The molecule has 1 heterocycles. The molecule has 0 atom stereocenters. The molecule has 4 heteroatoms. The van der Waals surface area contributed by atoms with E-state index >= 15 is 0 Å². The van der Waals surface area contributed by atoms with Crippen LogP contribution in [0.5, 0.6) is 0 Å². The van der Waals surface area contributed by atoms with Gasteiger partial charge in [0.1, 0.15) is 5.69 Å². The molecule has 0 unspecified atom stereocenters.